The van der Waals surface area contributed by atoms with Crippen LogP contribution in [-0.4, -0.2) is 9.55 Å². The van der Waals surface area contributed by atoms with Crippen molar-refractivity contribution in [1.29, 1.82) is 0 Å². The minimum absolute atomic E-state index is 0.0531. The van der Waals surface area contributed by atoms with Crippen molar-refractivity contribution in [2.24, 2.45) is 7.05 Å². The molecule has 0 aliphatic rings. The van der Waals surface area contributed by atoms with Crippen molar-refractivity contribution >= 4 is 22.2 Å². The van der Waals surface area contributed by atoms with Gasteiger partial charge in [-0.3, -0.25) is 4.79 Å². The molecule has 0 aromatic carbocycles. The minimum Gasteiger partial charge on any atom is -0.327 e. The van der Waals surface area contributed by atoms with Crippen LogP contribution in [0, 0.1) is 0 Å². The third kappa shape index (κ3) is 1.67. The highest BCUT2D eigenvalue weighted by atomic mass is 32.1. The molecule has 5 heteroatoms. The summed E-state index contributed by atoms with van der Waals surface area (Å²) in [6.07, 6.45) is 3.41. The molecule has 0 aliphatic carbocycles. The predicted octanol–water partition coefficient (Wildman–Crippen LogP) is 1.59. The van der Waals surface area contributed by atoms with Gasteiger partial charge in [0.15, 0.2) is 5.13 Å². The summed E-state index contributed by atoms with van der Waals surface area (Å²) in [5.41, 5.74) is 0.493. The summed E-state index contributed by atoms with van der Waals surface area (Å²) in [4.78, 5) is 15.6. The average Bonchev–Trinajstić information content (AvgIpc) is 2.66. The Morgan fingerprint density at radius 3 is 3.14 bits per heavy atom. The van der Waals surface area contributed by atoms with E-state index >= 15 is 0 Å². The molecule has 0 radical (unpaired) electrons. The number of aryl methyl sites for hydroxylation is 1. The predicted molar refractivity (Wildman–Crippen MR) is 57.1 cm³/mol. The molecule has 72 valence electrons. The molecule has 1 N–H and O–H groups in total. The molecule has 14 heavy (non-hydrogen) atoms. The number of nitrogens with zero attached hydrogens (tertiary/aromatic N) is 2. The highest BCUT2D eigenvalue weighted by molar-refractivity contribution is 7.13. The number of thiazole rings is 1. The molecule has 0 amide bonds. The molecule has 0 fully saturated rings. The van der Waals surface area contributed by atoms with Crippen LogP contribution in [0.1, 0.15) is 0 Å². The van der Waals surface area contributed by atoms with E-state index in [2.05, 4.69) is 10.3 Å². The Labute approximate surface area is 84.9 Å². The zero-order chi connectivity index (χ0) is 9.97. The van der Waals surface area contributed by atoms with E-state index in [0.717, 1.165) is 5.13 Å². The second kappa shape index (κ2) is 3.63. The number of nitrogens with one attached hydrogen (secondary N) is 1. The normalized spacial score (nSPS) is 10.1. The first-order valence-corrected chi connectivity index (χ1v) is 4.97. The Balaban J connectivity index is 2.34. The first-order valence-electron chi connectivity index (χ1n) is 4.09. The van der Waals surface area contributed by atoms with Crippen LogP contribution in [0.3, 0.4) is 0 Å². The Hall–Kier alpha value is -1.62. The summed E-state index contributed by atoms with van der Waals surface area (Å²) >= 11 is 1.46. The van der Waals surface area contributed by atoms with Gasteiger partial charge in [-0.2, -0.15) is 0 Å². The zero-order valence-electron chi connectivity index (χ0n) is 7.60. The lowest BCUT2D eigenvalue weighted by Gasteiger charge is -2.02. The van der Waals surface area contributed by atoms with Gasteiger partial charge in [0.2, 0.25) is 0 Å². The van der Waals surface area contributed by atoms with Gasteiger partial charge in [0.1, 0.15) is 5.69 Å². The number of aromatic nitrogens is 2. The molecule has 2 aromatic rings. The van der Waals surface area contributed by atoms with Crippen molar-refractivity contribution in [2.45, 2.75) is 0 Å². The molecule has 0 atom stereocenters. The largest absolute Gasteiger partial charge is 0.327 e. The lowest BCUT2D eigenvalue weighted by atomic mass is 10.4. The molecule has 2 rings (SSSR count). The Morgan fingerprint density at radius 1 is 1.57 bits per heavy atom. The second-order valence-electron chi connectivity index (χ2n) is 2.80. The smallest absolute Gasteiger partial charge is 0.274 e. The third-order valence-electron chi connectivity index (χ3n) is 1.80. The van der Waals surface area contributed by atoms with Gasteiger partial charge in [0.25, 0.3) is 5.56 Å². The molecule has 0 aliphatic heterocycles. The molecule has 0 spiro atoms. The van der Waals surface area contributed by atoms with Gasteiger partial charge in [0.05, 0.1) is 0 Å². The number of pyridine rings is 1. The molecule has 0 unspecified atom stereocenters. The van der Waals surface area contributed by atoms with E-state index in [1.807, 2.05) is 11.4 Å². The van der Waals surface area contributed by atoms with Gasteiger partial charge >= 0.3 is 0 Å². The topological polar surface area (TPSA) is 46.9 Å². The Bertz CT molecular complexity index is 475. The maximum atomic E-state index is 11.6. The number of rotatable bonds is 2. The van der Waals surface area contributed by atoms with Crippen LogP contribution in [0.2, 0.25) is 0 Å². The van der Waals surface area contributed by atoms with E-state index in [-0.39, 0.29) is 5.56 Å². The Kier molecular flexibility index (Phi) is 2.32. The zero-order valence-corrected chi connectivity index (χ0v) is 8.41. The maximum absolute atomic E-state index is 11.6. The van der Waals surface area contributed by atoms with Gasteiger partial charge in [0, 0.05) is 24.8 Å². The Morgan fingerprint density at radius 2 is 2.43 bits per heavy atom. The van der Waals surface area contributed by atoms with Crippen molar-refractivity contribution in [3.05, 3.63) is 40.3 Å². The van der Waals surface area contributed by atoms with Crippen molar-refractivity contribution in [2.75, 3.05) is 5.32 Å². The summed E-state index contributed by atoms with van der Waals surface area (Å²) in [6, 6.07) is 3.56. The average molecular weight is 207 g/mol. The molecular formula is C9H9N3OS. The third-order valence-corrected chi connectivity index (χ3v) is 2.49. The molecule has 0 bridgehead atoms. The van der Waals surface area contributed by atoms with Crippen LogP contribution in [0.5, 0.6) is 0 Å². The van der Waals surface area contributed by atoms with E-state index in [1.165, 1.54) is 15.9 Å². The van der Waals surface area contributed by atoms with Gasteiger partial charge in [-0.05, 0) is 12.1 Å². The molecule has 2 aromatic heterocycles. The second-order valence-corrected chi connectivity index (χ2v) is 3.69. The quantitative estimate of drug-likeness (QED) is 0.813. The number of hydrogen-bond donors (Lipinski definition) is 1. The van der Waals surface area contributed by atoms with E-state index in [4.69, 9.17) is 0 Å². The van der Waals surface area contributed by atoms with Gasteiger partial charge in [-0.25, -0.2) is 4.98 Å². The minimum atomic E-state index is -0.0531. The summed E-state index contributed by atoms with van der Waals surface area (Å²) in [5, 5.41) is 5.55. The van der Waals surface area contributed by atoms with Gasteiger partial charge < -0.3 is 9.88 Å². The highest BCUT2D eigenvalue weighted by Crippen LogP contribution is 2.14. The fourth-order valence-electron chi connectivity index (χ4n) is 1.09. The highest BCUT2D eigenvalue weighted by Gasteiger charge is 2.01. The van der Waals surface area contributed by atoms with Crippen molar-refractivity contribution < 1.29 is 0 Å². The fourth-order valence-corrected chi connectivity index (χ4v) is 1.63. The van der Waals surface area contributed by atoms with Crippen LogP contribution >= 0.6 is 11.3 Å². The van der Waals surface area contributed by atoms with Crippen molar-refractivity contribution in [3.63, 3.8) is 0 Å². The van der Waals surface area contributed by atoms with E-state index in [0.29, 0.717) is 5.69 Å². The number of anilines is 2. The number of hydrogen-bond acceptors (Lipinski definition) is 4. The molecule has 0 saturated heterocycles. The summed E-state index contributed by atoms with van der Waals surface area (Å²) < 4.78 is 1.52. The summed E-state index contributed by atoms with van der Waals surface area (Å²) in [6.45, 7) is 0. The lowest BCUT2D eigenvalue weighted by molar-refractivity contribution is 0.863. The fraction of sp³-hybridized carbons (Fsp3) is 0.111. The van der Waals surface area contributed by atoms with Crippen molar-refractivity contribution in [3.8, 4) is 0 Å². The SMILES string of the molecule is Cn1cccc(Nc2nccs2)c1=O. The summed E-state index contributed by atoms with van der Waals surface area (Å²) in [5.74, 6) is 0. The van der Waals surface area contributed by atoms with Crippen LogP contribution in [0.15, 0.2) is 34.7 Å². The molecular weight excluding hydrogens is 198 g/mol. The molecule has 4 nitrogen and oxygen atoms in total. The molecule has 0 saturated carbocycles. The van der Waals surface area contributed by atoms with E-state index < -0.39 is 0 Å². The standard InChI is InChI=1S/C9H9N3OS/c1-12-5-2-3-7(8(12)13)11-9-10-4-6-14-9/h2-6H,1H3,(H,10,11). The molecule has 2 heterocycles. The van der Waals surface area contributed by atoms with Crippen molar-refractivity contribution in [1.82, 2.24) is 9.55 Å². The summed E-state index contributed by atoms with van der Waals surface area (Å²) in [7, 11) is 1.72. The van der Waals surface area contributed by atoms with E-state index in [1.54, 1.807) is 25.5 Å². The first-order chi connectivity index (χ1) is 6.77. The van der Waals surface area contributed by atoms with E-state index in [9.17, 15) is 4.79 Å². The van der Waals surface area contributed by atoms with Gasteiger partial charge in [-0.1, -0.05) is 0 Å². The van der Waals surface area contributed by atoms with Crippen LogP contribution in [-0.2, 0) is 7.05 Å². The monoisotopic (exact) mass is 207 g/mol. The lowest BCUT2D eigenvalue weighted by Crippen LogP contribution is -2.18. The van der Waals surface area contributed by atoms with Crippen LogP contribution in [0.25, 0.3) is 0 Å². The maximum Gasteiger partial charge on any atom is 0.274 e. The first kappa shape index (κ1) is 8.96. The van der Waals surface area contributed by atoms with Gasteiger partial charge in [-0.15, -0.1) is 11.3 Å². The van der Waals surface area contributed by atoms with Crippen LogP contribution in [0.4, 0.5) is 10.8 Å². The van der Waals surface area contributed by atoms with Crippen LogP contribution < -0.4 is 10.9 Å².